The van der Waals surface area contributed by atoms with Gasteiger partial charge in [0.1, 0.15) is 11.6 Å². The summed E-state index contributed by atoms with van der Waals surface area (Å²) >= 11 is 5.91. The highest BCUT2D eigenvalue weighted by atomic mass is 35.5. The van der Waals surface area contributed by atoms with Gasteiger partial charge in [-0.3, -0.25) is 9.36 Å². The number of aromatic nitrogens is 2. The summed E-state index contributed by atoms with van der Waals surface area (Å²) in [5.74, 6) is -0.123. The highest BCUT2D eigenvalue weighted by Crippen LogP contribution is 2.20. The first-order chi connectivity index (χ1) is 10.1. The van der Waals surface area contributed by atoms with E-state index in [9.17, 15) is 9.18 Å². The van der Waals surface area contributed by atoms with Gasteiger partial charge in [-0.2, -0.15) is 0 Å². The maximum atomic E-state index is 14.2. The van der Waals surface area contributed by atoms with Gasteiger partial charge in [0.15, 0.2) is 0 Å². The summed E-state index contributed by atoms with van der Waals surface area (Å²) < 4.78 is 15.5. The zero-order chi connectivity index (χ0) is 15.0. The summed E-state index contributed by atoms with van der Waals surface area (Å²) in [6.45, 7) is 1.75. The largest absolute Gasteiger partial charge is 0.268 e. The molecule has 0 unspecified atom stereocenters. The Balaban J connectivity index is 2.47. The Morgan fingerprint density at radius 3 is 2.67 bits per heavy atom. The Morgan fingerprint density at radius 2 is 1.95 bits per heavy atom. The van der Waals surface area contributed by atoms with E-state index >= 15 is 0 Å². The molecule has 0 aliphatic carbocycles. The molecule has 3 rings (SSSR count). The molecule has 0 aliphatic heterocycles. The van der Waals surface area contributed by atoms with Crippen molar-refractivity contribution in [1.82, 2.24) is 9.55 Å². The molecule has 3 nitrogen and oxygen atoms in total. The van der Waals surface area contributed by atoms with Crippen molar-refractivity contribution in [2.24, 2.45) is 0 Å². The molecule has 2 aromatic carbocycles. The number of aryl methyl sites for hydroxylation is 1. The van der Waals surface area contributed by atoms with Crippen LogP contribution in [0.4, 0.5) is 4.39 Å². The second-order valence-electron chi connectivity index (χ2n) is 4.72. The molecule has 3 aromatic rings. The normalized spacial score (nSPS) is 11.0. The van der Waals surface area contributed by atoms with Gasteiger partial charge in [0.2, 0.25) is 0 Å². The fourth-order valence-electron chi connectivity index (χ4n) is 2.41. The standard InChI is InChI=1S/C16H12ClFN2O/c1-10-5-4-7-12(18)15(10)20-14(9-17)19-13-8-3-2-6-11(13)16(20)21/h2-8H,9H2,1H3. The first-order valence-corrected chi connectivity index (χ1v) is 6.99. The lowest BCUT2D eigenvalue weighted by Crippen LogP contribution is -2.25. The molecule has 0 bridgehead atoms. The molecule has 0 saturated heterocycles. The van der Waals surface area contributed by atoms with Gasteiger partial charge in [-0.1, -0.05) is 24.3 Å². The van der Waals surface area contributed by atoms with E-state index in [-0.39, 0.29) is 17.1 Å². The zero-order valence-electron chi connectivity index (χ0n) is 11.3. The molecule has 0 N–H and O–H groups in total. The van der Waals surface area contributed by atoms with Crippen molar-refractivity contribution < 1.29 is 4.39 Å². The fraction of sp³-hybridized carbons (Fsp3) is 0.125. The summed E-state index contributed by atoms with van der Waals surface area (Å²) in [5.41, 5.74) is 1.10. The number of nitrogens with zero attached hydrogens (tertiary/aromatic N) is 2. The van der Waals surface area contributed by atoms with Gasteiger partial charge in [-0.15, -0.1) is 11.6 Å². The minimum atomic E-state index is -0.472. The lowest BCUT2D eigenvalue weighted by atomic mass is 10.1. The van der Waals surface area contributed by atoms with Crippen LogP contribution in [0.5, 0.6) is 0 Å². The number of benzene rings is 2. The Kier molecular flexibility index (Phi) is 3.47. The molecule has 0 aliphatic rings. The van der Waals surface area contributed by atoms with E-state index in [0.717, 1.165) is 0 Å². The molecule has 1 heterocycles. The molecule has 1 aromatic heterocycles. The lowest BCUT2D eigenvalue weighted by molar-refractivity contribution is 0.611. The molecule has 5 heteroatoms. The molecular weight excluding hydrogens is 291 g/mol. The van der Waals surface area contributed by atoms with Crippen LogP contribution in [0.1, 0.15) is 11.4 Å². The average Bonchev–Trinajstić information content (AvgIpc) is 2.49. The van der Waals surface area contributed by atoms with Crippen molar-refractivity contribution in [3.63, 3.8) is 0 Å². The summed E-state index contributed by atoms with van der Waals surface area (Å²) in [6.07, 6.45) is 0. The van der Waals surface area contributed by atoms with Crippen LogP contribution in [0.2, 0.25) is 0 Å². The number of hydrogen-bond donors (Lipinski definition) is 0. The monoisotopic (exact) mass is 302 g/mol. The third-order valence-electron chi connectivity index (χ3n) is 3.38. The smallest absolute Gasteiger partial charge is 0.266 e. The number of halogens is 2. The fourth-order valence-corrected chi connectivity index (χ4v) is 2.58. The number of fused-ring (bicyclic) bond motifs is 1. The van der Waals surface area contributed by atoms with Crippen molar-refractivity contribution in [3.05, 3.63) is 70.0 Å². The third-order valence-corrected chi connectivity index (χ3v) is 3.62. The predicted molar refractivity (Wildman–Crippen MR) is 81.6 cm³/mol. The Labute approximate surface area is 125 Å². The molecular formula is C16H12ClFN2O. The van der Waals surface area contributed by atoms with Gasteiger partial charge >= 0.3 is 0 Å². The number of para-hydroxylation sites is 2. The molecule has 0 spiro atoms. The van der Waals surface area contributed by atoms with Crippen LogP contribution >= 0.6 is 11.6 Å². The maximum absolute atomic E-state index is 14.2. The molecule has 0 amide bonds. The van der Waals surface area contributed by atoms with Gasteiger partial charge in [-0.25, -0.2) is 9.37 Å². The quantitative estimate of drug-likeness (QED) is 0.678. The van der Waals surface area contributed by atoms with Crippen molar-refractivity contribution in [1.29, 1.82) is 0 Å². The average molecular weight is 303 g/mol. The van der Waals surface area contributed by atoms with Crippen molar-refractivity contribution in [2.45, 2.75) is 12.8 Å². The van der Waals surface area contributed by atoms with Crippen LogP contribution in [0, 0.1) is 12.7 Å². The predicted octanol–water partition coefficient (Wildman–Crippen LogP) is 3.57. The number of alkyl halides is 1. The third kappa shape index (κ3) is 2.21. The van der Waals surface area contributed by atoms with Gasteiger partial charge < -0.3 is 0 Å². The summed E-state index contributed by atoms with van der Waals surface area (Å²) in [4.78, 5) is 17.1. The molecule has 21 heavy (non-hydrogen) atoms. The van der Waals surface area contributed by atoms with Crippen LogP contribution < -0.4 is 5.56 Å². The second kappa shape index (κ2) is 5.30. The van der Waals surface area contributed by atoms with Crippen LogP contribution in [-0.4, -0.2) is 9.55 Å². The highest BCUT2D eigenvalue weighted by molar-refractivity contribution is 6.16. The van der Waals surface area contributed by atoms with E-state index in [1.165, 1.54) is 10.6 Å². The van der Waals surface area contributed by atoms with Gasteiger partial charge in [0.25, 0.3) is 5.56 Å². The Morgan fingerprint density at radius 1 is 1.19 bits per heavy atom. The molecule has 0 fully saturated rings. The van der Waals surface area contributed by atoms with Crippen LogP contribution in [-0.2, 0) is 5.88 Å². The van der Waals surface area contributed by atoms with Crippen molar-refractivity contribution in [3.8, 4) is 5.69 Å². The maximum Gasteiger partial charge on any atom is 0.266 e. The van der Waals surface area contributed by atoms with Crippen LogP contribution in [0.15, 0.2) is 47.3 Å². The second-order valence-corrected chi connectivity index (χ2v) is 4.99. The highest BCUT2D eigenvalue weighted by Gasteiger charge is 2.16. The zero-order valence-corrected chi connectivity index (χ0v) is 12.1. The molecule has 0 atom stereocenters. The van der Waals surface area contributed by atoms with Crippen molar-refractivity contribution in [2.75, 3.05) is 0 Å². The van der Waals surface area contributed by atoms with E-state index < -0.39 is 5.82 Å². The van der Waals surface area contributed by atoms with Crippen molar-refractivity contribution >= 4 is 22.5 Å². The molecule has 106 valence electrons. The number of rotatable bonds is 2. The van der Waals surface area contributed by atoms with Crippen LogP contribution in [0.3, 0.4) is 0 Å². The van der Waals surface area contributed by atoms with Crippen LogP contribution in [0.25, 0.3) is 16.6 Å². The minimum absolute atomic E-state index is 0.0217. The SMILES string of the molecule is Cc1cccc(F)c1-n1c(CCl)nc2ccccc2c1=O. The minimum Gasteiger partial charge on any atom is -0.268 e. The van der Waals surface area contributed by atoms with E-state index in [1.54, 1.807) is 43.3 Å². The van der Waals surface area contributed by atoms with Gasteiger partial charge in [0, 0.05) is 0 Å². The topological polar surface area (TPSA) is 34.9 Å². The van der Waals surface area contributed by atoms with Gasteiger partial charge in [-0.05, 0) is 30.7 Å². The van der Waals surface area contributed by atoms with E-state index in [2.05, 4.69) is 4.98 Å². The van der Waals surface area contributed by atoms with E-state index in [0.29, 0.717) is 22.3 Å². The van der Waals surface area contributed by atoms with Gasteiger partial charge in [0.05, 0.1) is 22.5 Å². The molecule has 0 radical (unpaired) electrons. The Hall–Kier alpha value is -2.20. The summed E-state index contributed by atoms with van der Waals surface area (Å²) in [5, 5.41) is 0.439. The first-order valence-electron chi connectivity index (χ1n) is 6.45. The van der Waals surface area contributed by atoms with E-state index in [1.807, 2.05) is 0 Å². The summed E-state index contributed by atoms with van der Waals surface area (Å²) in [6, 6.07) is 11.6. The Bertz CT molecular complexity index is 869. The molecule has 0 saturated carbocycles. The number of hydrogen-bond acceptors (Lipinski definition) is 2. The lowest BCUT2D eigenvalue weighted by Gasteiger charge is -2.14. The summed E-state index contributed by atoms with van der Waals surface area (Å²) in [7, 11) is 0. The first kappa shape index (κ1) is 13.8. The van der Waals surface area contributed by atoms with E-state index in [4.69, 9.17) is 11.6 Å².